The SMILES string of the molecule is C=CCNC(=O)CSc1ncc(CO)n1Cc1ccc(C)cc1. The molecule has 0 aliphatic heterocycles. The second kappa shape index (κ2) is 8.55. The molecule has 23 heavy (non-hydrogen) atoms. The van der Waals surface area contributed by atoms with Crippen LogP contribution in [0.15, 0.2) is 48.3 Å². The van der Waals surface area contributed by atoms with E-state index >= 15 is 0 Å². The minimum atomic E-state index is -0.0813. The molecule has 0 fully saturated rings. The van der Waals surface area contributed by atoms with E-state index in [0.717, 1.165) is 16.4 Å². The van der Waals surface area contributed by atoms with Crippen molar-refractivity contribution in [1.82, 2.24) is 14.9 Å². The minimum Gasteiger partial charge on any atom is -0.390 e. The number of aliphatic hydroxyl groups excluding tert-OH is 1. The monoisotopic (exact) mass is 331 g/mol. The van der Waals surface area contributed by atoms with Gasteiger partial charge >= 0.3 is 0 Å². The van der Waals surface area contributed by atoms with Crippen molar-refractivity contribution in [2.75, 3.05) is 12.3 Å². The Morgan fingerprint density at radius 1 is 1.43 bits per heavy atom. The molecule has 122 valence electrons. The van der Waals surface area contributed by atoms with Gasteiger partial charge in [0.2, 0.25) is 5.91 Å². The highest BCUT2D eigenvalue weighted by molar-refractivity contribution is 7.99. The third-order valence-electron chi connectivity index (χ3n) is 3.30. The smallest absolute Gasteiger partial charge is 0.230 e. The molecule has 0 unspecified atom stereocenters. The zero-order valence-electron chi connectivity index (χ0n) is 13.2. The predicted octanol–water partition coefficient (Wildman–Crippen LogP) is 2.13. The second-order valence-corrected chi connectivity index (χ2v) is 6.09. The van der Waals surface area contributed by atoms with Gasteiger partial charge in [-0.2, -0.15) is 0 Å². The number of thioether (sulfide) groups is 1. The van der Waals surface area contributed by atoms with Crippen LogP contribution in [0.3, 0.4) is 0 Å². The average molecular weight is 331 g/mol. The number of benzene rings is 1. The molecule has 0 saturated carbocycles. The Morgan fingerprint density at radius 3 is 2.83 bits per heavy atom. The van der Waals surface area contributed by atoms with Gasteiger partial charge in [0.1, 0.15) is 0 Å². The van der Waals surface area contributed by atoms with Gasteiger partial charge < -0.3 is 15.0 Å². The molecule has 2 rings (SSSR count). The molecule has 1 heterocycles. The van der Waals surface area contributed by atoms with Crippen LogP contribution in [0.4, 0.5) is 0 Å². The lowest BCUT2D eigenvalue weighted by Gasteiger charge is -2.11. The maximum absolute atomic E-state index is 11.7. The van der Waals surface area contributed by atoms with Crippen LogP contribution >= 0.6 is 11.8 Å². The van der Waals surface area contributed by atoms with Crippen LogP contribution < -0.4 is 5.32 Å². The number of carbonyl (C=O) groups excluding carboxylic acids is 1. The number of aromatic nitrogens is 2. The Kier molecular flexibility index (Phi) is 6.43. The maximum Gasteiger partial charge on any atom is 0.230 e. The van der Waals surface area contributed by atoms with Gasteiger partial charge in [-0.15, -0.1) is 6.58 Å². The molecular weight excluding hydrogens is 310 g/mol. The van der Waals surface area contributed by atoms with Crippen LogP contribution in [0.2, 0.25) is 0 Å². The highest BCUT2D eigenvalue weighted by atomic mass is 32.2. The average Bonchev–Trinajstić information content (AvgIpc) is 2.95. The van der Waals surface area contributed by atoms with Crippen molar-refractivity contribution >= 4 is 17.7 Å². The van der Waals surface area contributed by atoms with Crippen molar-refractivity contribution in [3.8, 4) is 0 Å². The lowest BCUT2D eigenvalue weighted by molar-refractivity contribution is -0.118. The van der Waals surface area contributed by atoms with E-state index in [1.54, 1.807) is 12.3 Å². The van der Waals surface area contributed by atoms with Crippen molar-refractivity contribution in [3.05, 3.63) is 59.9 Å². The number of rotatable bonds is 8. The second-order valence-electron chi connectivity index (χ2n) is 5.14. The van der Waals surface area contributed by atoms with Gasteiger partial charge in [-0.1, -0.05) is 47.7 Å². The largest absolute Gasteiger partial charge is 0.390 e. The number of nitrogens with one attached hydrogen (secondary N) is 1. The minimum absolute atomic E-state index is 0.0645. The summed E-state index contributed by atoms with van der Waals surface area (Å²) in [4.78, 5) is 16.0. The van der Waals surface area contributed by atoms with Crippen LogP contribution in [0, 0.1) is 6.92 Å². The van der Waals surface area contributed by atoms with Gasteiger partial charge in [0.15, 0.2) is 5.16 Å². The summed E-state index contributed by atoms with van der Waals surface area (Å²) in [6, 6.07) is 8.23. The normalized spacial score (nSPS) is 10.5. The summed E-state index contributed by atoms with van der Waals surface area (Å²) in [6.45, 7) is 6.61. The molecule has 0 spiro atoms. The summed E-state index contributed by atoms with van der Waals surface area (Å²) in [5.41, 5.74) is 3.07. The molecule has 1 aromatic carbocycles. The first kappa shape index (κ1) is 17.3. The highest BCUT2D eigenvalue weighted by Gasteiger charge is 2.12. The zero-order chi connectivity index (χ0) is 16.7. The molecule has 1 amide bonds. The molecule has 2 aromatic rings. The van der Waals surface area contributed by atoms with E-state index in [1.807, 2.05) is 11.5 Å². The van der Waals surface area contributed by atoms with E-state index in [2.05, 4.69) is 41.1 Å². The number of aliphatic hydroxyl groups is 1. The van der Waals surface area contributed by atoms with Crippen LogP contribution in [-0.4, -0.2) is 32.9 Å². The Balaban J connectivity index is 2.08. The van der Waals surface area contributed by atoms with E-state index in [4.69, 9.17) is 0 Å². The topological polar surface area (TPSA) is 67.2 Å². The summed E-state index contributed by atoms with van der Waals surface area (Å²) in [6.07, 6.45) is 3.29. The Labute approximate surface area is 140 Å². The first-order valence-electron chi connectivity index (χ1n) is 7.35. The summed E-state index contributed by atoms with van der Waals surface area (Å²) in [7, 11) is 0. The first-order valence-corrected chi connectivity index (χ1v) is 8.33. The molecule has 5 nitrogen and oxygen atoms in total. The first-order chi connectivity index (χ1) is 11.1. The number of hydrogen-bond acceptors (Lipinski definition) is 4. The fraction of sp³-hybridized carbons (Fsp3) is 0.294. The zero-order valence-corrected chi connectivity index (χ0v) is 14.0. The van der Waals surface area contributed by atoms with Crippen molar-refractivity contribution in [2.45, 2.75) is 25.2 Å². The Morgan fingerprint density at radius 2 is 2.17 bits per heavy atom. The van der Waals surface area contributed by atoms with Gasteiger partial charge in [-0.05, 0) is 12.5 Å². The number of amides is 1. The fourth-order valence-corrected chi connectivity index (χ4v) is 2.87. The summed E-state index contributed by atoms with van der Waals surface area (Å²) >= 11 is 1.36. The molecule has 0 atom stereocenters. The van der Waals surface area contributed by atoms with Gasteiger partial charge in [0.25, 0.3) is 0 Å². The molecule has 2 N–H and O–H groups in total. The molecule has 0 aliphatic carbocycles. The van der Waals surface area contributed by atoms with Gasteiger partial charge in [-0.3, -0.25) is 4.79 Å². The number of carbonyl (C=O) groups is 1. The van der Waals surface area contributed by atoms with Gasteiger partial charge in [0.05, 0.1) is 24.3 Å². The van der Waals surface area contributed by atoms with E-state index < -0.39 is 0 Å². The fourth-order valence-electron chi connectivity index (χ4n) is 2.05. The van der Waals surface area contributed by atoms with Crippen molar-refractivity contribution in [3.63, 3.8) is 0 Å². The molecule has 0 saturated heterocycles. The van der Waals surface area contributed by atoms with Crippen molar-refractivity contribution in [1.29, 1.82) is 0 Å². The van der Waals surface area contributed by atoms with Gasteiger partial charge in [0, 0.05) is 13.1 Å². The molecule has 0 bridgehead atoms. The van der Waals surface area contributed by atoms with E-state index in [-0.39, 0.29) is 18.3 Å². The standard InChI is InChI=1S/C17H21N3O2S/c1-3-8-18-16(22)12-23-17-19-9-15(11-21)20(17)10-14-6-4-13(2)5-7-14/h3-7,9,21H,1,8,10-12H2,2H3,(H,18,22). The van der Waals surface area contributed by atoms with Gasteiger partial charge in [-0.25, -0.2) is 4.98 Å². The molecule has 0 aliphatic rings. The number of nitrogens with zero attached hydrogens (tertiary/aromatic N) is 2. The molecule has 0 radical (unpaired) electrons. The highest BCUT2D eigenvalue weighted by Crippen LogP contribution is 2.20. The van der Waals surface area contributed by atoms with Crippen molar-refractivity contribution < 1.29 is 9.90 Å². The quantitative estimate of drug-likeness (QED) is 0.574. The lowest BCUT2D eigenvalue weighted by Crippen LogP contribution is -2.25. The third-order valence-corrected chi connectivity index (χ3v) is 4.29. The summed E-state index contributed by atoms with van der Waals surface area (Å²) in [5.74, 6) is 0.217. The predicted molar refractivity (Wildman–Crippen MR) is 92.4 cm³/mol. The van der Waals surface area contributed by atoms with Crippen molar-refractivity contribution in [2.24, 2.45) is 0 Å². The van der Waals surface area contributed by atoms with E-state index in [0.29, 0.717) is 13.1 Å². The maximum atomic E-state index is 11.7. The van der Waals surface area contributed by atoms with Crippen LogP contribution in [0.5, 0.6) is 0 Å². The Hall–Kier alpha value is -2.05. The third kappa shape index (κ3) is 4.97. The number of imidazole rings is 1. The molecule has 6 heteroatoms. The summed E-state index contributed by atoms with van der Waals surface area (Å²) in [5, 5.41) is 12.9. The van der Waals surface area contributed by atoms with E-state index in [9.17, 15) is 9.90 Å². The number of hydrogen-bond donors (Lipinski definition) is 2. The van der Waals surface area contributed by atoms with E-state index in [1.165, 1.54) is 17.3 Å². The lowest BCUT2D eigenvalue weighted by atomic mass is 10.1. The molecule has 1 aromatic heterocycles. The van der Waals surface area contributed by atoms with Crippen LogP contribution in [0.1, 0.15) is 16.8 Å². The van der Waals surface area contributed by atoms with Crippen LogP contribution in [-0.2, 0) is 17.9 Å². The number of aryl methyl sites for hydroxylation is 1. The Bertz CT molecular complexity index is 665. The summed E-state index contributed by atoms with van der Waals surface area (Å²) < 4.78 is 1.94. The molecular formula is C17H21N3O2S. The van der Waals surface area contributed by atoms with Crippen LogP contribution in [0.25, 0.3) is 0 Å².